The van der Waals surface area contributed by atoms with Gasteiger partial charge in [0.2, 0.25) is 0 Å². The monoisotopic (exact) mass is 397 g/mol. The van der Waals surface area contributed by atoms with E-state index in [0.29, 0.717) is 18.9 Å². The second kappa shape index (κ2) is 12.8. The van der Waals surface area contributed by atoms with Crippen molar-refractivity contribution >= 4 is 29.9 Å². The van der Waals surface area contributed by atoms with Crippen molar-refractivity contribution in [3.05, 3.63) is 0 Å². The van der Waals surface area contributed by atoms with E-state index in [1.165, 1.54) is 0 Å². The van der Waals surface area contributed by atoms with Crippen LogP contribution in [0.3, 0.4) is 0 Å². The van der Waals surface area contributed by atoms with Gasteiger partial charge in [0.25, 0.3) is 0 Å². The first-order valence-corrected chi connectivity index (χ1v) is 6.16. The lowest BCUT2D eigenvalue weighted by molar-refractivity contribution is -0.173. The van der Waals surface area contributed by atoms with Gasteiger partial charge in [-0.3, -0.25) is 4.99 Å². The highest BCUT2D eigenvalue weighted by atomic mass is 127. The maximum Gasteiger partial charge on any atom is 0.411 e. The van der Waals surface area contributed by atoms with Gasteiger partial charge in [-0.15, -0.1) is 24.0 Å². The SMILES string of the molecule is CCCN=C(NCC)NCCCOCC(F)(F)F.I. The molecule has 0 aliphatic rings. The number of ether oxygens (including phenoxy) is 1. The largest absolute Gasteiger partial charge is 0.411 e. The highest BCUT2D eigenvalue weighted by molar-refractivity contribution is 14.0. The first kappa shape index (κ1) is 21.1. The third-order valence-corrected chi connectivity index (χ3v) is 1.86. The van der Waals surface area contributed by atoms with Crippen molar-refractivity contribution in [2.45, 2.75) is 32.9 Å². The summed E-state index contributed by atoms with van der Waals surface area (Å²) in [5, 5.41) is 6.08. The van der Waals surface area contributed by atoms with Gasteiger partial charge in [0.05, 0.1) is 0 Å². The van der Waals surface area contributed by atoms with Crippen molar-refractivity contribution in [1.29, 1.82) is 0 Å². The zero-order chi connectivity index (χ0) is 13.9. The number of rotatable bonds is 8. The molecule has 19 heavy (non-hydrogen) atoms. The van der Waals surface area contributed by atoms with Crippen LogP contribution >= 0.6 is 24.0 Å². The van der Waals surface area contributed by atoms with Crippen LogP contribution < -0.4 is 10.6 Å². The van der Waals surface area contributed by atoms with Crippen molar-refractivity contribution in [3.63, 3.8) is 0 Å². The molecule has 4 nitrogen and oxygen atoms in total. The molecule has 0 amide bonds. The fourth-order valence-corrected chi connectivity index (χ4v) is 1.13. The summed E-state index contributed by atoms with van der Waals surface area (Å²) in [5.74, 6) is 0.690. The number of hydrogen-bond donors (Lipinski definition) is 2. The fourth-order valence-electron chi connectivity index (χ4n) is 1.13. The highest BCUT2D eigenvalue weighted by Crippen LogP contribution is 2.14. The van der Waals surface area contributed by atoms with E-state index in [0.717, 1.165) is 19.5 Å². The van der Waals surface area contributed by atoms with Gasteiger partial charge in [0.15, 0.2) is 5.96 Å². The molecule has 0 aromatic carbocycles. The molecule has 0 aromatic rings. The molecule has 0 spiro atoms. The van der Waals surface area contributed by atoms with E-state index in [-0.39, 0.29) is 30.6 Å². The average molecular weight is 397 g/mol. The van der Waals surface area contributed by atoms with E-state index in [1.807, 2.05) is 13.8 Å². The van der Waals surface area contributed by atoms with Crippen LogP contribution in [0, 0.1) is 0 Å². The maximum atomic E-state index is 11.8. The number of hydrogen-bond acceptors (Lipinski definition) is 2. The van der Waals surface area contributed by atoms with Gasteiger partial charge in [-0.25, -0.2) is 0 Å². The van der Waals surface area contributed by atoms with Crippen LogP contribution in [0.1, 0.15) is 26.7 Å². The zero-order valence-corrected chi connectivity index (χ0v) is 13.7. The number of nitrogens with zero attached hydrogens (tertiary/aromatic N) is 1. The van der Waals surface area contributed by atoms with Crippen molar-refractivity contribution in [2.24, 2.45) is 4.99 Å². The quantitative estimate of drug-likeness (QED) is 0.287. The molecule has 0 aliphatic carbocycles. The Bertz CT molecular complexity index is 238. The second-order valence-electron chi connectivity index (χ2n) is 3.71. The Kier molecular flexibility index (Phi) is 14.1. The first-order chi connectivity index (χ1) is 8.49. The lowest BCUT2D eigenvalue weighted by atomic mass is 10.4. The van der Waals surface area contributed by atoms with Crippen molar-refractivity contribution < 1.29 is 17.9 Å². The van der Waals surface area contributed by atoms with Gasteiger partial charge in [-0.1, -0.05) is 6.92 Å². The van der Waals surface area contributed by atoms with E-state index in [9.17, 15) is 13.2 Å². The molecule has 0 unspecified atom stereocenters. The molecule has 0 bridgehead atoms. The molecule has 0 aromatic heterocycles. The van der Waals surface area contributed by atoms with E-state index in [1.54, 1.807) is 0 Å². The molecular weight excluding hydrogens is 374 g/mol. The average Bonchev–Trinajstić information content (AvgIpc) is 2.29. The molecule has 0 saturated heterocycles. The van der Waals surface area contributed by atoms with Gasteiger partial charge < -0.3 is 15.4 Å². The molecule has 0 radical (unpaired) electrons. The molecular formula is C11H23F3IN3O. The van der Waals surface area contributed by atoms with Crippen LogP contribution in [0.25, 0.3) is 0 Å². The zero-order valence-electron chi connectivity index (χ0n) is 11.3. The van der Waals surface area contributed by atoms with Crippen molar-refractivity contribution in [3.8, 4) is 0 Å². The summed E-state index contributed by atoms with van der Waals surface area (Å²) in [6.07, 6.45) is -2.79. The normalized spacial score (nSPS) is 11.9. The predicted molar refractivity (Wildman–Crippen MR) is 81.2 cm³/mol. The van der Waals surface area contributed by atoms with Crippen LogP contribution in [0.15, 0.2) is 4.99 Å². The van der Waals surface area contributed by atoms with Crippen molar-refractivity contribution in [2.75, 3.05) is 32.8 Å². The van der Waals surface area contributed by atoms with Crippen LogP contribution in [0.5, 0.6) is 0 Å². The Morgan fingerprint density at radius 1 is 1.21 bits per heavy atom. The summed E-state index contributed by atoms with van der Waals surface area (Å²) in [6.45, 7) is 4.89. The molecule has 8 heteroatoms. The molecule has 0 aliphatic heterocycles. The highest BCUT2D eigenvalue weighted by Gasteiger charge is 2.27. The van der Waals surface area contributed by atoms with E-state index >= 15 is 0 Å². The van der Waals surface area contributed by atoms with Crippen LogP contribution in [0.4, 0.5) is 13.2 Å². The molecule has 0 atom stereocenters. The topological polar surface area (TPSA) is 45.7 Å². The second-order valence-corrected chi connectivity index (χ2v) is 3.71. The minimum atomic E-state index is -4.25. The minimum Gasteiger partial charge on any atom is -0.372 e. The molecule has 116 valence electrons. The number of alkyl halides is 3. The van der Waals surface area contributed by atoms with E-state index in [4.69, 9.17) is 0 Å². The van der Waals surface area contributed by atoms with E-state index < -0.39 is 12.8 Å². The predicted octanol–water partition coefficient (Wildman–Crippen LogP) is 2.54. The Labute approximate surface area is 129 Å². The molecule has 0 saturated carbocycles. The Morgan fingerprint density at radius 3 is 2.42 bits per heavy atom. The maximum absolute atomic E-state index is 11.8. The summed E-state index contributed by atoms with van der Waals surface area (Å²) < 4.78 is 39.8. The summed E-state index contributed by atoms with van der Waals surface area (Å²) >= 11 is 0. The molecule has 2 N–H and O–H groups in total. The Hall–Kier alpha value is -0.250. The summed E-state index contributed by atoms with van der Waals surface area (Å²) in [5.41, 5.74) is 0. The van der Waals surface area contributed by atoms with Crippen LogP contribution in [-0.4, -0.2) is 45.0 Å². The third kappa shape index (κ3) is 15.7. The van der Waals surface area contributed by atoms with Crippen LogP contribution in [-0.2, 0) is 4.74 Å². The number of halogens is 4. The summed E-state index contributed by atoms with van der Waals surface area (Å²) in [6, 6.07) is 0. The van der Waals surface area contributed by atoms with Crippen LogP contribution in [0.2, 0.25) is 0 Å². The Morgan fingerprint density at radius 2 is 1.89 bits per heavy atom. The van der Waals surface area contributed by atoms with Crippen molar-refractivity contribution in [1.82, 2.24) is 10.6 Å². The summed E-state index contributed by atoms with van der Waals surface area (Å²) in [4.78, 5) is 4.26. The minimum absolute atomic E-state index is 0. The van der Waals surface area contributed by atoms with Gasteiger partial charge in [0.1, 0.15) is 6.61 Å². The first-order valence-electron chi connectivity index (χ1n) is 6.16. The van der Waals surface area contributed by atoms with Gasteiger partial charge in [0, 0.05) is 26.2 Å². The Balaban J connectivity index is 0. The lowest BCUT2D eigenvalue weighted by Gasteiger charge is -2.11. The summed E-state index contributed by atoms with van der Waals surface area (Å²) in [7, 11) is 0. The van der Waals surface area contributed by atoms with Gasteiger partial charge in [-0.2, -0.15) is 13.2 Å². The third-order valence-electron chi connectivity index (χ3n) is 1.86. The number of aliphatic imine (C=N–C) groups is 1. The molecule has 0 rings (SSSR count). The smallest absolute Gasteiger partial charge is 0.372 e. The number of nitrogens with one attached hydrogen (secondary N) is 2. The number of guanidine groups is 1. The fraction of sp³-hybridized carbons (Fsp3) is 0.909. The van der Waals surface area contributed by atoms with E-state index in [2.05, 4.69) is 20.4 Å². The van der Waals surface area contributed by atoms with Gasteiger partial charge >= 0.3 is 6.18 Å². The van der Waals surface area contributed by atoms with Gasteiger partial charge in [-0.05, 0) is 19.8 Å². The standard InChI is InChI=1S/C11H22F3N3O.HI/c1-3-6-16-10(15-4-2)17-7-5-8-18-9-11(12,13)14;/h3-9H2,1-2H3,(H2,15,16,17);1H. The molecule has 0 heterocycles. The lowest BCUT2D eigenvalue weighted by Crippen LogP contribution is -2.38. The molecule has 0 fully saturated rings.